The van der Waals surface area contributed by atoms with Crippen molar-refractivity contribution in [1.82, 2.24) is 0 Å². The highest BCUT2D eigenvalue weighted by molar-refractivity contribution is 7.36. The number of aryl methyl sites for hydroxylation is 2. The molecule has 0 aliphatic rings. The molecule has 2 aromatic heterocycles. The molecular weight excluding hydrogens is 545 g/mol. The van der Waals surface area contributed by atoms with E-state index in [2.05, 4.69) is 147 Å². The zero-order valence-electron chi connectivity index (χ0n) is 23.5. The first kappa shape index (κ1) is 25.2. The van der Waals surface area contributed by atoms with Crippen LogP contribution in [0.15, 0.2) is 133 Å². The van der Waals surface area contributed by atoms with Gasteiger partial charge in [-0.15, -0.1) is 22.7 Å². The quantitative estimate of drug-likeness (QED) is 0.197. The Bertz CT molecular complexity index is 2050. The van der Waals surface area contributed by atoms with E-state index >= 15 is 0 Å². The minimum Gasteiger partial charge on any atom is -0.134 e. The largest absolute Gasteiger partial charge is 0.134 e. The summed E-state index contributed by atoms with van der Waals surface area (Å²) in [6, 6.07) is 49.3. The molecule has 2 heteroatoms. The molecular formula is C40H28S2. The molecule has 6 aromatic carbocycles. The fourth-order valence-electron chi connectivity index (χ4n) is 5.82. The van der Waals surface area contributed by atoms with E-state index in [9.17, 15) is 0 Å². The predicted octanol–water partition coefficient (Wildman–Crippen LogP) is 12.6. The average Bonchev–Trinajstić information content (AvgIpc) is 3.57. The Labute approximate surface area is 254 Å². The van der Waals surface area contributed by atoms with Crippen LogP contribution in [0, 0.1) is 13.8 Å². The van der Waals surface area contributed by atoms with Crippen LogP contribution in [0.5, 0.6) is 0 Å². The number of thiophene rings is 2. The maximum atomic E-state index is 2.36. The highest BCUT2D eigenvalue weighted by Gasteiger charge is 2.14. The summed E-state index contributed by atoms with van der Waals surface area (Å²) in [6.07, 6.45) is 0. The van der Waals surface area contributed by atoms with Crippen molar-refractivity contribution in [3.05, 3.63) is 145 Å². The molecule has 0 N–H and O–H groups in total. The monoisotopic (exact) mass is 572 g/mol. The SMILES string of the molecule is Cc1ccc(-c2ccc(-c3ccc4c(c3)sc3c5ccc(-c6ccc(-c7ccc(C)cc7)cc6)cc5sc43)cc2)cc1. The zero-order valence-corrected chi connectivity index (χ0v) is 25.2. The summed E-state index contributed by atoms with van der Waals surface area (Å²) < 4.78 is 5.51. The molecule has 0 fully saturated rings. The van der Waals surface area contributed by atoms with Crippen molar-refractivity contribution >= 4 is 52.2 Å². The Morgan fingerprint density at radius 1 is 0.310 bits per heavy atom. The van der Waals surface area contributed by atoms with E-state index in [0.717, 1.165) is 0 Å². The highest BCUT2D eigenvalue weighted by Crippen LogP contribution is 2.46. The Morgan fingerprint density at radius 2 is 0.571 bits per heavy atom. The number of benzene rings is 6. The van der Waals surface area contributed by atoms with Crippen LogP contribution in [0.25, 0.3) is 74.1 Å². The molecule has 0 saturated heterocycles. The molecule has 0 radical (unpaired) electrons. The number of rotatable bonds is 4. The average molecular weight is 573 g/mol. The summed E-state index contributed by atoms with van der Waals surface area (Å²) >= 11 is 3.84. The molecule has 0 nitrogen and oxygen atoms in total. The second-order valence-electron chi connectivity index (χ2n) is 11.2. The molecule has 0 amide bonds. The van der Waals surface area contributed by atoms with Gasteiger partial charge in [-0.3, -0.25) is 0 Å². The molecule has 0 aliphatic carbocycles. The minimum atomic E-state index is 1.25. The van der Waals surface area contributed by atoms with Crippen LogP contribution in [0.3, 0.4) is 0 Å². The molecule has 2 heterocycles. The molecule has 200 valence electrons. The van der Waals surface area contributed by atoms with Gasteiger partial charge in [0.1, 0.15) is 0 Å². The first-order chi connectivity index (χ1) is 20.6. The minimum absolute atomic E-state index is 1.25. The lowest BCUT2D eigenvalue weighted by atomic mass is 9.99. The Kier molecular flexibility index (Phi) is 6.06. The fourth-order valence-corrected chi connectivity index (χ4v) is 8.55. The van der Waals surface area contributed by atoms with Crippen molar-refractivity contribution in [2.24, 2.45) is 0 Å². The van der Waals surface area contributed by atoms with Crippen molar-refractivity contribution in [3.63, 3.8) is 0 Å². The third-order valence-corrected chi connectivity index (χ3v) is 10.8. The van der Waals surface area contributed by atoms with Crippen LogP contribution < -0.4 is 0 Å². The van der Waals surface area contributed by atoms with Gasteiger partial charge in [-0.25, -0.2) is 0 Å². The smallest absolute Gasteiger partial charge is 0.0542 e. The van der Waals surface area contributed by atoms with E-state index < -0.39 is 0 Å². The van der Waals surface area contributed by atoms with Crippen molar-refractivity contribution < 1.29 is 0 Å². The van der Waals surface area contributed by atoms with Gasteiger partial charge in [-0.2, -0.15) is 0 Å². The van der Waals surface area contributed by atoms with Crippen molar-refractivity contribution in [2.75, 3.05) is 0 Å². The maximum absolute atomic E-state index is 2.36. The molecule has 8 rings (SSSR count). The summed E-state index contributed by atoms with van der Waals surface area (Å²) in [5, 5.41) is 2.72. The molecule has 0 spiro atoms. The van der Waals surface area contributed by atoms with Crippen LogP contribution in [-0.2, 0) is 0 Å². The van der Waals surface area contributed by atoms with Gasteiger partial charge >= 0.3 is 0 Å². The van der Waals surface area contributed by atoms with Gasteiger partial charge in [0, 0.05) is 20.2 Å². The summed E-state index contributed by atoms with van der Waals surface area (Å²) in [5.41, 5.74) is 12.7. The van der Waals surface area contributed by atoms with Crippen LogP contribution in [-0.4, -0.2) is 0 Å². The third kappa shape index (κ3) is 4.44. The fraction of sp³-hybridized carbons (Fsp3) is 0.0500. The van der Waals surface area contributed by atoms with Crippen LogP contribution in [0.2, 0.25) is 0 Å². The summed E-state index contributed by atoms with van der Waals surface area (Å²) in [7, 11) is 0. The summed E-state index contributed by atoms with van der Waals surface area (Å²) in [4.78, 5) is 0. The number of hydrogen-bond acceptors (Lipinski definition) is 2. The lowest BCUT2D eigenvalue weighted by Gasteiger charge is -2.06. The van der Waals surface area contributed by atoms with Crippen molar-refractivity contribution in [1.29, 1.82) is 0 Å². The predicted molar refractivity (Wildman–Crippen MR) is 186 cm³/mol. The van der Waals surface area contributed by atoms with E-state index in [0.29, 0.717) is 0 Å². The first-order valence-corrected chi connectivity index (χ1v) is 16.0. The maximum Gasteiger partial charge on any atom is 0.0542 e. The Balaban J connectivity index is 1.10. The molecule has 0 saturated carbocycles. The molecule has 0 atom stereocenters. The van der Waals surface area contributed by atoms with Gasteiger partial charge in [0.05, 0.1) is 9.40 Å². The van der Waals surface area contributed by atoms with Crippen molar-refractivity contribution in [2.45, 2.75) is 13.8 Å². The van der Waals surface area contributed by atoms with Gasteiger partial charge in [0.25, 0.3) is 0 Å². The van der Waals surface area contributed by atoms with Crippen molar-refractivity contribution in [3.8, 4) is 44.5 Å². The standard InChI is InChI=1S/C40H28S2/c1-25-3-7-27(8-4-25)29-11-15-31(16-12-29)33-19-21-35-37(23-33)41-40-36-22-20-34(24-38(36)42-39(35)40)32-17-13-30(14-18-32)28-9-5-26(2)6-10-28/h3-24H,1-2H3. The number of fused-ring (bicyclic) bond motifs is 5. The van der Waals surface area contributed by atoms with Gasteiger partial charge in [0.2, 0.25) is 0 Å². The second kappa shape index (κ2) is 10.1. The van der Waals surface area contributed by atoms with Crippen LogP contribution in [0.1, 0.15) is 11.1 Å². The highest BCUT2D eigenvalue weighted by atomic mass is 32.1. The van der Waals surface area contributed by atoms with E-state index in [1.54, 1.807) is 0 Å². The summed E-state index contributed by atoms with van der Waals surface area (Å²) in [6.45, 7) is 4.26. The lowest BCUT2D eigenvalue weighted by Crippen LogP contribution is -1.81. The van der Waals surface area contributed by atoms with Gasteiger partial charge < -0.3 is 0 Å². The van der Waals surface area contributed by atoms with E-state index in [4.69, 9.17) is 0 Å². The van der Waals surface area contributed by atoms with E-state index in [-0.39, 0.29) is 0 Å². The van der Waals surface area contributed by atoms with E-state index in [1.807, 2.05) is 22.7 Å². The van der Waals surface area contributed by atoms with Gasteiger partial charge in [-0.1, -0.05) is 132 Å². The Hall–Kier alpha value is -4.50. The molecule has 0 aliphatic heterocycles. The first-order valence-electron chi connectivity index (χ1n) is 14.3. The molecule has 0 unspecified atom stereocenters. The molecule has 8 aromatic rings. The normalized spacial score (nSPS) is 11.6. The topological polar surface area (TPSA) is 0 Å². The third-order valence-electron chi connectivity index (χ3n) is 8.29. The lowest BCUT2D eigenvalue weighted by molar-refractivity contribution is 1.47. The second-order valence-corrected chi connectivity index (χ2v) is 13.3. The molecule has 42 heavy (non-hydrogen) atoms. The van der Waals surface area contributed by atoms with E-state index in [1.165, 1.54) is 85.2 Å². The number of hydrogen-bond donors (Lipinski definition) is 0. The Morgan fingerprint density at radius 3 is 0.905 bits per heavy atom. The zero-order chi connectivity index (χ0) is 28.2. The summed E-state index contributed by atoms with van der Waals surface area (Å²) in [5.74, 6) is 0. The van der Waals surface area contributed by atoms with Gasteiger partial charge in [-0.05, 0) is 70.5 Å². The van der Waals surface area contributed by atoms with Gasteiger partial charge in [0.15, 0.2) is 0 Å². The van der Waals surface area contributed by atoms with Crippen LogP contribution >= 0.6 is 22.7 Å². The molecule has 0 bridgehead atoms. The van der Waals surface area contributed by atoms with Crippen LogP contribution in [0.4, 0.5) is 0 Å².